The van der Waals surface area contributed by atoms with E-state index >= 15 is 0 Å². The molecule has 2 heterocycles. The number of hydrogen-bond donors (Lipinski definition) is 2. The van der Waals surface area contributed by atoms with E-state index in [9.17, 15) is 27.6 Å². The van der Waals surface area contributed by atoms with E-state index in [1.54, 1.807) is 38.2 Å². The molecule has 45 heavy (non-hydrogen) atoms. The molecule has 5 aromatic rings. The number of halogens is 3. The summed E-state index contributed by atoms with van der Waals surface area (Å²) in [5.74, 6) is -2.00. The van der Waals surface area contributed by atoms with Crippen LogP contribution in [0.2, 0.25) is 0 Å². The van der Waals surface area contributed by atoms with Crippen molar-refractivity contribution in [1.29, 1.82) is 0 Å². The third-order valence-corrected chi connectivity index (χ3v) is 7.77. The minimum atomic E-state index is -4.78. The second kappa shape index (κ2) is 12.7. The Morgan fingerprint density at radius 1 is 0.822 bits per heavy atom. The largest absolute Gasteiger partial charge is 0.417 e. The van der Waals surface area contributed by atoms with Crippen LogP contribution in [0.15, 0.2) is 108 Å². The lowest BCUT2D eigenvalue weighted by atomic mass is 9.84. The van der Waals surface area contributed by atoms with E-state index in [1.807, 2.05) is 36.4 Å². The fourth-order valence-corrected chi connectivity index (χ4v) is 5.34. The van der Waals surface area contributed by atoms with Crippen LogP contribution in [0, 0.1) is 6.92 Å². The number of anilines is 1. The van der Waals surface area contributed by atoms with Gasteiger partial charge in [0.05, 0.1) is 5.56 Å². The van der Waals surface area contributed by atoms with Crippen molar-refractivity contribution in [3.63, 3.8) is 0 Å². The molecule has 3 aromatic carbocycles. The molecule has 0 aliphatic heterocycles. The summed E-state index contributed by atoms with van der Waals surface area (Å²) >= 11 is 0. The van der Waals surface area contributed by atoms with E-state index in [-0.39, 0.29) is 28.1 Å². The number of aryl methyl sites for hydroxylation is 1. The standard InChI is InChI=1S/C34H30F3N5O3/c1-21-25(16-17-29(43)41(21)2)26-15-14-24(20-27(26)34(35,36)37)39-33(45)31(40-32(44)28-18-19-38-42(28)3)30(22-10-6-4-7-11-22)23-12-8-5-9-13-23/h4-20,30-31H,1-3H3,(H,39,45)(H,40,44). The van der Waals surface area contributed by atoms with Crippen molar-refractivity contribution in [2.24, 2.45) is 14.1 Å². The Labute approximate surface area is 257 Å². The van der Waals surface area contributed by atoms with Gasteiger partial charge in [0.25, 0.3) is 5.91 Å². The van der Waals surface area contributed by atoms with E-state index < -0.39 is 35.5 Å². The molecule has 0 aliphatic carbocycles. The first-order chi connectivity index (χ1) is 21.5. The molecule has 0 spiro atoms. The number of nitrogens with zero attached hydrogens (tertiary/aromatic N) is 3. The quantitative estimate of drug-likeness (QED) is 0.235. The molecule has 0 saturated heterocycles. The SMILES string of the molecule is Cc1c(-c2ccc(NC(=O)C(NC(=O)c3ccnn3C)C(c3ccccc3)c3ccccc3)cc2C(F)(F)F)ccc(=O)n1C. The van der Waals surface area contributed by atoms with Crippen LogP contribution in [0.3, 0.4) is 0 Å². The molecular weight excluding hydrogens is 583 g/mol. The summed E-state index contributed by atoms with van der Waals surface area (Å²) in [5.41, 5.74) is 0.632. The van der Waals surface area contributed by atoms with Gasteiger partial charge in [-0.25, -0.2) is 0 Å². The molecule has 1 unspecified atom stereocenters. The van der Waals surface area contributed by atoms with Crippen LogP contribution >= 0.6 is 0 Å². The summed E-state index contributed by atoms with van der Waals surface area (Å²) in [5, 5.41) is 9.47. The summed E-state index contributed by atoms with van der Waals surface area (Å²) in [4.78, 5) is 39.5. The Hall–Kier alpha value is -5.45. The maximum Gasteiger partial charge on any atom is 0.417 e. The lowest BCUT2D eigenvalue weighted by Crippen LogP contribution is -2.48. The fraction of sp³-hybridized carbons (Fsp3) is 0.176. The number of benzene rings is 3. The van der Waals surface area contributed by atoms with Crippen LogP contribution in [0.25, 0.3) is 11.1 Å². The molecule has 0 bridgehead atoms. The average Bonchev–Trinajstić information content (AvgIpc) is 3.46. The second-order valence-corrected chi connectivity index (χ2v) is 10.6. The molecule has 11 heteroatoms. The fourth-order valence-electron chi connectivity index (χ4n) is 5.34. The smallest absolute Gasteiger partial charge is 0.338 e. The van der Waals surface area contributed by atoms with E-state index in [0.29, 0.717) is 16.8 Å². The van der Waals surface area contributed by atoms with Gasteiger partial charge in [-0.1, -0.05) is 66.7 Å². The second-order valence-electron chi connectivity index (χ2n) is 10.6. The van der Waals surface area contributed by atoms with Gasteiger partial charge in [0.1, 0.15) is 11.7 Å². The van der Waals surface area contributed by atoms with Crippen LogP contribution in [-0.2, 0) is 25.1 Å². The third kappa shape index (κ3) is 6.57. The zero-order valence-corrected chi connectivity index (χ0v) is 24.7. The van der Waals surface area contributed by atoms with Crippen molar-refractivity contribution in [2.75, 3.05) is 5.32 Å². The normalized spacial score (nSPS) is 12.2. The molecule has 2 N–H and O–H groups in total. The lowest BCUT2D eigenvalue weighted by Gasteiger charge is -2.28. The van der Waals surface area contributed by atoms with Gasteiger partial charge in [0.2, 0.25) is 11.5 Å². The summed E-state index contributed by atoms with van der Waals surface area (Å²) < 4.78 is 45.9. The number of amides is 2. The number of hydrogen-bond acceptors (Lipinski definition) is 4. The third-order valence-electron chi connectivity index (χ3n) is 7.77. The van der Waals surface area contributed by atoms with Crippen molar-refractivity contribution >= 4 is 17.5 Å². The highest BCUT2D eigenvalue weighted by molar-refractivity contribution is 6.01. The number of carbonyl (C=O) groups excluding carboxylic acids is 2. The van der Waals surface area contributed by atoms with Crippen molar-refractivity contribution in [3.05, 3.63) is 142 Å². The molecule has 2 aromatic heterocycles. The highest BCUT2D eigenvalue weighted by Gasteiger charge is 2.36. The molecule has 230 valence electrons. The highest BCUT2D eigenvalue weighted by Crippen LogP contribution is 2.39. The van der Waals surface area contributed by atoms with Gasteiger partial charge in [-0.05, 0) is 47.9 Å². The highest BCUT2D eigenvalue weighted by atomic mass is 19.4. The van der Waals surface area contributed by atoms with Crippen molar-refractivity contribution < 1.29 is 22.8 Å². The maximum atomic E-state index is 14.4. The average molecular weight is 614 g/mol. The Kier molecular flexibility index (Phi) is 8.71. The van der Waals surface area contributed by atoms with Crippen molar-refractivity contribution in [2.45, 2.75) is 25.1 Å². The summed E-state index contributed by atoms with van der Waals surface area (Å²) in [6.45, 7) is 1.56. The minimum absolute atomic E-state index is 0.113. The molecule has 0 radical (unpaired) electrons. The Morgan fingerprint density at radius 2 is 1.42 bits per heavy atom. The molecule has 0 aliphatic rings. The van der Waals surface area contributed by atoms with Gasteiger partial charge in [-0.2, -0.15) is 18.3 Å². The van der Waals surface area contributed by atoms with Crippen LogP contribution in [0.4, 0.5) is 18.9 Å². The number of rotatable bonds is 8. The first-order valence-corrected chi connectivity index (χ1v) is 14.0. The predicted octanol–water partition coefficient (Wildman–Crippen LogP) is 5.68. The van der Waals surface area contributed by atoms with Gasteiger partial charge in [-0.3, -0.25) is 19.1 Å². The van der Waals surface area contributed by atoms with E-state index in [4.69, 9.17) is 0 Å². The lowest BCUT2D eigenvalue weighted by molar-refractivity contribution is -0.137. The van der Waals surface area contributed by atoms with Gasteiger partial charge in [0.15, 0.2) is 0 Å². The number of aromatic nitrogens is 3. The zero-order chi connectivity index (χ0) is 32.3. The molecule has 8 nitrogen and oxygen atoms in total. The van der Waals surface area contributed by atoms with Gasteiger partial charge in [-0.15, -0.1) is 0 Å². The van der Waals surface area contributed by atoms with Gasteiger partial charge >= 0.3 is 6.18 Å². The summed E-state index contributed by atoms with van der Waals surface area (Å²) in [6, 6.07) is 24.5. The summed E-state index contributed by atoms with van der Waals surface area (Å²) in [6.07, 6.45) is -3.33. The van der Waals surface area contributed by atoms with Gasteiger partial charge in [0, 0.05) is 49.2 Å². The Balaban J connectivity index is 1.58. The number of pyridine rings is 1. The topological polar surface area (TPSA) is 98.0 Å². The number of nitrogens with one attached hydrogen (secondary N) is 2. The molecule has 2 amide bonds. The van der Waals surface area contributed by atoms with Gasteiger partial charge < -0.3 is 15.2 Å². The maximum absolute atomic E-state index is 14.4. The van der Waals surface area contributed by atoms with Crippen molar-refractivity contribution in [3.8, 4) is 11.1 Å². The Bertz CT molecular complexity index is 1860. The van der Waals surface area contributed by atoms with Crippen LogP contribution < -0.4 is 16.2 Å². The zero-order valence-electron chi connectivity index (χ0n) is 24.7. The van der Waals surface area contributed by atoms with E-state index in [2.05, 4.69) is 15.7 Å². The first-order valence-electron chi connectivity index (χ1n) is 14.0. The number of carbonyl (C=O) groups is 2. The molecule has 5 rings (SSSR count). The monoisotopic (exact) mass is 613 g/mol. The first kappa shape index (κ1) is 31.0. The molecule has 0 fully saturated rings. The Morgan fingerprint density at radius 3 is 1.98 bits per heavy atom. The van der Waals surface area contributed by atoms with Crippen LogP contribution in [0.5, 0.6) is 0 Å². The minimum Gasteiger partial charge on any atom is -0.338 e. The van der Waals surface area contributed by atoms with E-state index in [0.717, 1.165) is 6.07 Å². The molecule has 0 saturated carbocycles. The van der Waals surface area contributed by atoms with Crippen LogP contribution in [0.1, 0.15) is 38.8 Å². The van der Waals surface area contributed by atoms with Crippen LogP contribution in [-0.4, -0.2) is 32.2 Å². The summed E-state index contributed by atoms with van der Waals surface area (Å²) in [7, 11) is 3.07. The van der Waals surface area contributed by atoms with E-state index in [1.165, 1.54) is 52.8 Å². The molecular formula is C34H30F3N5O3. The van der Waals surface area contributed by atoms with Crippen molar-refractivity contribution in [1.82, 2.24) is 19.7 Å². The number of alkyl halides is 3. The molecule has 1 atom stereocenters. The predicted molar refractivity (Wildman–Crippen MR) is 165 cm³/mol.